The number of hydrogen-bond donors (Lipinski definition) is 2. The molecule has 0 aromatic heterocycles. The first-order valence-electron chi connectivity index (χ1n) is 6.03. The summed E-state index contributed by atoms with van der Waals surface area (Å²) < 4.78 is 5.76. The van der Waals surface area contributed by atoms with E-state index in [9.17, 15) is 4.79 Å². The quantitative estimate of drug-likeness (QED) is 0.784. The van der Waals surface area contributed by atoms with Gasteiger partial charge in [-0.3, -0.25) is 4.79 Å². The highest BCUT2D eigenvalue weighted by molar-refractivity contribution is 5.81. The second-order valence-corrected chi connectivity index (χ2v) is 4.33. The number of fused-ring (bicyclic) bond motifs is 1. The summed E-state index contributed by atoms with van der Waals surface area (Å²) in [6, 6.07) is 5.48. The molecule has 1 amide bonds. The molecule has 1 unspecified atom stereocenters. The van der Waals surface area contributed by atoms with E-state index in [-0.39, 0.29) is 12.0 Å². The Labute approximate surface area is 101 Å². The second kappa shape index (κ2) is 5.08. The monoisotopic (exact) mass is 234 g/mol. The summed E-state index contributed by atoms with van der Waals surface area (Å²) in [6.45, 7) is 2.59. The molecule has 1 aliphatic heterocycles. The van der Waals surface area contributed by atoms with Crippen molar-refractivity contribution in [2.75, 3.05) is 5.73 Å². The van der Waals surface area contributed by atoms with Crippen LogP contribution in [0.3, 0.4) is 0 Å². The molecule has 0 fully saturated rings. The van der Waals surface area contributed by atoms with Gasteiger partial charge in [-0.2, -0.15) is 0 Å². The average Bonchev–Trinajstić information content (AvgIpc) is 2.47. The maximum Gasteiger partial charge on any atom is 0.261 e. The zero-order valence-electron chi connectivity index (χ0n) is 10.0. The van der Waals surface area contributed by atoms with Crippen LogP contribution in [0.1, 0.15) is 31.7 Å². The molecule has 3 N–H and O–H groups in total. The highest BCUT2D eigenvalue weighted by Gasteiger charge is 2.24. The fourth-order valence-electron chi connectivity index (χ4n) is 1.93. The van der Waals surface area contributed by atoms with Crippen molar-refractivity contribution in [3.8, 4) is 5.75 Å². The standard InChI is InChI=1S/C13H18N2O2/c1-2-3-4-12-13(16)15-8-9-7-10(14)5-6-11(9)17-12/h5-7,12H,2-4,8,14H2,1H3,(H,15,16). The second-order valence-electron chi connectivity index (χ2n) is 4.33. The van der Waals surface area contributed by atoms with E-state index in [0.29, 0.717) is 12.2 Å². The van der Waals surface area contributed by atoms with Gasteiger partial charge in [0, 0.05) is 17.8 Å². The zero-order chi connectivity index (χ0) is 12.3. The van der Waals surface area contributed by atoms with E-state index in [1.807, 2.05) is 12.1 Å². The predicted molar refractivity (Wildman–Crippen MR) is 66.6 cm³/mol. The third-order valence-electron chi connectivity index (χ3n) is 2.92. The Kier molecular flexibility index (Phi) is 3.52. The number of unbranched alkanes of at least 4 members (excludes halogenated alkanes) is 1. The van der Waals surface area contributed by atoms with Crippen LogP contribution >= 0.6 is 0 Å². The molecule has 1 heterocycles. The van der Waals surface area contributed by atoms with E-state index in [1.54, 1.807) is 6.07 Å². The molecule has 17 heavy (non-hydrogen) atoms. The van der Waals surface area contributed by atoms with Crippen LogP contribution in [0.15, 0.2) is 18.2 Å². The molecule has 0 aliphatic carbocycles. The minimum absolute atomic E-state index is 0.0341. The Bertz CT molecular complexity index is 418. The van der Waals surface area contributed by atoms with Gasteiger partial charge >= 0.3 is 0 Å². The molecule has 0 bridgehead atoms. The Morgan fingerprint density at radius 1 is 1.53 bits per heavy atom. The molecule has 0 radical (unpaired) electrons. The van der Waals surface area contributed by atoms with Crippen molar-refractivity contribution >= 4 is 11.6 Å². The number of nitrogens with one attached hydrogen (secondary N) is 1. The summed E-state index contributed by atoms with van der Waals surface area (Å²) in [6.07, 6.45) is 2.43. The van der Waals surface area contributed by atoms with Crippen LogP contribution in [0.4, 0.5) is 5.69 Å². The molecule has 1 aromatic carbocycles. The molecule has 4 heteroatoms. The van der Waals surface area contributed by atoms with Gasteiger partial charge in [0.25, 0.3) is 5.91 Å². The van der Waals surface area contributed by atoms with E-state index in [4.69, 9.17) is 10.5 Å². The smallest absolute Gasteiger partial charge is 0.261 e. The van der Waals surface area contributed by atoms with Crippen LogP contribution in [0, 0.1) is 0 Å². The molecule has 2 rings (SSSR count). The first-order valence-corrected chi connectivity index (χ1v) is 6.03. The number of carbonyl (C=O) groups is 1. The van der Waals surface area contributed by atoms with Gasteiger partial charge < -0.3 is 15.8 Å². The number of amides is 1. The minimum atomic E-state index is -0.375. The molecule has 92 valence electrons. The van der Waals surface area contributed by atoms with Gasteiger partial charge in [0.15, 0.2) is 6.10 Å². The topological polar surface area (TPSA) is 64.3 Å². The van der Waals surface area contributed by atoms with Crippen molar-refractivity contribution in [1.29, 1.82) is 0 Å². The summed E-state index contributed by atoms with van der Waals surface area (Å²) in [5, 5.41) is 2.87. The molecule has 4 nitrogen and oxygen atoms in total. The van der Waals surface area contributed by atoms with E-state index in [1.165, 1.54) is 0 Å². The Morgan fingerprint density at radius 3 is 3.12 bits per heavy atom. The largest absolute Gasteiger partial charge is 0.480 e. The van der Waals surface area contributed by atoms with Crippen molar-refractivity contribution in [2.45, 2.75) is 38.8 Å². The lowest BCUT2D eigenvalue weighted by atomic mass is 10.1. The molecule has 0 spiro atoms. The normalized spacial score (nSPS) is 18.9. The van der Waals surface area contributed by atoms with Gasteiger partial charge in [-0.05, 0) is 31.0 Å². The Balaban J connectivity index is 2.18. The fourth-order valence-corrected chi connectivity index (χ4v) is 1.93. The SMILES string of the molecule is CCCCC1Oc2ccc(N)cc2CNC1=O. The van der Waals surface area contributed by atoms with Crippen LogP contribution in [0.5, 0.6) is 5.75 Å². The first kappa shape index (κ1) is 11.8. The fraction of sp³-hybridized carbons (Fsp3) is 0.462. The lowest BCUT2D eigenvalue weighted by molar-refractivity contribution is -0.127. The number of nitrogens with two attached hydrogens (primary N) is 1. The average molecular weight is 234 g/mol. The van der Waals surface area contributed by atoms with Crippen LogP contribution in [-0.4, -0.2) is 12.0 Å². The molecular formula is C13H18N2O2. The highest BCUT2D eigenvalue weighted by Crippen LogP contribution is 2.25. The Morgan fingerprint density at radius 2 is 2.35 bits per heavy atom. The summed E-state index contributed by atoms with van der Waals surface area (Å²) in [5.74, 6) is 0.729. The maximum atomic E-state index is 11.8. The maximum absolute atomic E-state index is 11.8. The van der Waals surface area contributed by atoms with Gasteiger partial charge in [-0.25, -0.2) is 0 Å². The zero-order valence-corrected chi connectivity index (χ0v) is 10.0. The van der Waals surface area contributed by atoms with Gasteiger partial charge in [0.2, 0.25) is 0 Å². The summed E-state index contributed by atoms with van der Waals surface area (Å²) in [5.41, 5.74) is 7.34. The van der Waals surface area contributed by atoms with Crippen molar-refractivity contribution in [3.63, 3.8) is 0 Å². The highest BCUT2D eigenvalue weighted by atomic mass is 16.5. The third-order valence-corrected chi connectivity index (χ3v) is 2.92. The number of hydrogen-bond acceptors (Lipinski definition) is 3. The molecule has 0 saturated carbocycles. The van der Waals surface area contributed by atoms with Crippen LogP contribution < -0.4 is 15.8 Å². The van der Waals surface area contributed by atoms with Gasteiger partial charge in [-0.15, -0.1) is 0 Å². The number of rotatable bonds is 3. The summed E-state index contributed by atoms with van der Waals surface area (Å²) in [7, 11) is 0. The summed E-state index contributed by atoms with van der Waals surface area (Å²) >= 11 is 0. The van der Waals surface area contributed by atoms with Crippen LogP contribution in [0.25, 0.3) is 0 Å². The third kappa shape index (κ3) is 2.70. The lowest BCUT2D eigenvalue weighted by Crippen LogP contribution is -2.35. The number of ether oxygens (including phenoxy) is 1. The van der Waals surface area contributed by atoms with Crippen LogP contribution in [-0.2, 0) is 11.3 Å². The van der Waals surface area contributed by atoms with E-state index >= 15 is 0 Å². The van der Waals surface area contributed by atoms with E-state index in [0.717, 1.165) is 30.6 Å². The lowest BCUT2D eigenvalue weighted by Gasteiger charge is -2.15. The van der Waals surface area contributed by atoms with Gasteiger partial charge in [0.05, 0.1) is 0 Å². The molecule has 1 aliphatic rings. The number of benzene rings is 1. The van der Waals surface area contributed by atoms with Crippen LogP contribution in [0.2, 0.25) is 0 Å². The molecular weight excluding hydrogens is 216 g/mol. The number of carbonyl (C=O) groups excluding carboxylic acids is 1. The minimum Gasteiger partial charge on any atom is -0.480 e. The predicted octanol–water partition coefficient (Wildman–Crippen LogP) is 1.84. The van der Waals surface area contributed by atoms with Crippen molar-refractivity contribution in [3.05, 3.63) is 23.8 Å². The molecule has 1 atom stereocenters. The Hall–Kier alpha value is -1.71. The summed E-state index contributed by atoms with van der Waals surface area (Å²) in [4.78, 5) is 11.8. The number of anilines is 1. The van der Waals surface area contributed by atoms with Gasteiger partial charge in [-0.1, -0.05) is 13.3 Å². The first-order chi connectivity index (χ1) is 8.20. The molecule has 1 aromatic rings. The van der Waals surface area contributed by atoms with Crippen molar-refractivity contribution < 1.29 is 9.53 Å². The molecule has 0 saturated heterocycles. The van der Waals surface area contributed by atoms with Crippen molar-refractivity contribution in [2.24, 2.45) is 0 Å². The number of nitrogen functional groups attached to an aromatic ring is 1. The van der Waals surface area contributed by atoms with E-state index < -0.39 is 0 Å². The van der Waals surface area contributed by atoms with Crippen molar-refractivity contribution in [1.82, 2.24) is 5.32 Å². The van der Waals surface area contributed by atoms with E-state index in [2.05, 4.69) is 12.2 Å². The van der Waals surface area contributed by atoms with Gasteiger partial charge in [0.1, 0.15) is 5.75 Å².